The summed E-state index contributed by atoms with van der Waals surface area (Å²) in [6.07, 6.45) is 0. The summed E-state index contributed by atoms with van der Waals surface area (Å²) in [6.45, 7) is 3.44. The van der Waals surface area contributed by atoms with E-state index in [0.717, 1.165) is 5.56 Å². The summed E-state index contributed by atoms with van der Waals surface area (Å²) in [4.78, 5) is 4.13. The van der Waals surface area contributed by atoms with Gasteiger partial charge in [0.2, 0.25) is 11.7 Å². The summed E-state index contributed by atoms with van der Waals surface area (Å²) in [7, 11) is 0. The zero-order chi connectivity index (χ0) is 11.7. The highest BCUT2D eigenvalue weighted by atomic mass is 19.1. The van der Waals surface area contributed by atoms with E-state index in [-0.39, 0.29) is 11.9 Å². The Labute approximate surface area is 92.3 Å². The van der Waals surface area contributed by atoms with Crippen LogP contribution in [0.4, 0.5) is 4.39 Å². The van der Waals surface area contributed by atoms with Crippen molar-refractivity contribution >= 4 is 0 Å². The SMILES string of the molecule is Cc1cc(-c2noc(C(C)N)n2)ccc1F. The Morgan fingerprint density at radius 1 is 1.44 bits per heavy atom. The van der Waals surface area contributed by atoms with E-state index in [2.05, 4.69) is 10.1 Å². The van der Waals surface area contributed by atoms with E-state index in [1.165, 1.54) is 6.07 Å². The van der Waals surface area contributed by atoms with Crippen LogP contribution in [-0.4, -0.2) is 10.1 Å². The highest BCUT2D eigenvalue weighted by Crippen LogP contribution is 2.20. The molecule has 0 saturated carbocycles. The molecule has 84 valence electrons. The van der Waals surface area contributed by atoms with Crippen molar-refractivity contribution in [3.8, 4) is 11.4 Å². The van der Waals surface area contributed by atoms with E-state index >= 15 is 0 Å². The predicted molar refractivity (Wildman–Crippen MR) is 57.0 cm³/mol. The molecule has 2 N–H and O–H groups in total. The van der Waals surface area contributed by atoms with Gasteiger partial charge in [-0.15, -0.1) is 0 Å². The molecule has 1 atom stereocenters. The monoisotopic (exact) mass is 221 g/mol. The van der Waals surface area contributed by atoms with Crippen molar-refractivity contribution in [2.24, 2.45) is 5.73 Å². The molecule has 1 aromatic carbocycles. The first-order valence-corrected chi connectivity index (χ1v) is 4.93. The van der Waals surface area contributed by atoms with Gasteiger partial charge in [0.15, 0.2) is 0 Å². The molecule has 2 aromatic rings. The van der Waals surface area contributed by atoms with E-state index in [1.54, 1.807) is 26.0 Å². The van der Waals surface area contributed by atoms with Gasteiger partial charge in [-0.1, -0.05) is 5.16 Å². The standard InChI is InChI=1S/C11H12FN3O/c1-6-5-8(3-4-9(6)12)10-14-11(7(2)13)16-15-10/h3-5,7H,13H2,1-2H3. The highest BCUT2D eigenvalue weighted by Gasteiger charge is 2.12. The Morgan fingerprint density at radius 3 is 2.75 bits per heavy atom. The first-order chi connectivity index (χ1) is 7.58. The van der Waals surface area contributed by atoms with Gasteiger partial charge in [0.1, 0.15) is 5.82 Å². The number of halogens is 1. The van der Waals surface area contributed by atoms with Crippen LogP contribution in [0.1, 0.15) is 24.4 Å². The molecular formula is C11H12FN3O. The molecule has 2 rings (SSSR count). The van der Waals surface area contributed by atoms with Crippen molar-refractivity contribution in [1.29, 1.82) is 0 Å². The predicted octanol–water partition coefficient (Wildman–Crippen LogP) is 2.20. The third kappa shape index (κ3) is 1.94. The van der Waals surface area contributed by atoms with Gasteiger partial charge in [0, 0.05) is 5.56 Å². The molecule has 1 heterocycles. The van der Waals surface area contributed by atoms with Crippen LogP contribution in [0.5, 0.6) is 0 Å². The summed E-state index contributed by atoms with van der Waals surface area (Å²) >= 11 is 0. The van der Waals surface area contributed by atoms with Gasteiger partial charge in [-0.3, -0.25) is 0 Å². The molecule has 4 nitrogen and oxygen atoms in total. The molecule has 1 unspecified atom stereocenters. The summed E-state index contributed by atoms with van der Waals surface area (Å²) < 4.78 is 18.0. The number of aryl methyl sites for hydroxylation is 1. The average Bonchev–Trinajstić information content (AvgIpc) is 2.71. The molecule has 0 fully saturated rings. The number of hydrogen-bond donors (Lipinski definition) is 1. The fraction of sp³-hybridized carbons (Fsp3) is 0.273. The maximum absolute atomic E-state index is 13.1. The molecule has 0 bridgehead atoms. The second kappa shape index (κ2) is 4.02. The van der Waals surface area contributed by atoms with E-state index in [4.69, 9.17) is 10.3 Å². The third-order valence-corrected chi connectivity index (χ3v) is 2.25. The fourth-order valence-corrected chi connectivity index (χ4v) is 1.32. The number of aromatic nitrogens is 2. The molecule has 0 spiro atoms. The first-order valence-electron chi connectivity index (χ1n) is 4.93. The maximum atomic E-state index is 13.1. The Bertz CT molecular complexity index is 508. The van der Waals surface area contributed by atoms with Crippen molar-refractivity contribution in [3.63, 3.8) is 0 Å². The van der Waals surface area contributed by atoms with Crippen LogP contribution in [0, 0.1) is 12.7 Å². The third-order valence-electron chi connectivity index (χ3n) is 2.25. The smallest absolute Gasteiger partial charge is 0.243 e. The maximum Gasteiger partial charge on any atom is 0.243 e. The van der Waals surface area contributed by atoms with Crippen LogP contribution in [-0.2, 0) is 0 Å². The number of rotatable bonds is 2. The Hall–Kier alpha value is -1.75. The van der Waals surface area contributed by atoms with Crippen LogP contribution in [0.2, 0.25) is 0 Å². The molecular weight excluding hydrogens is 209 g/mol. The Kier molecular flexibility index (Phi) is 2.70. The van der Waals surface area contributed by atoms with Crippen molar-refractivity contribution in [3.05, 3.63) is 35.5 Å². The highest BCUT2D eigenvalue weighted by molar-refractivity contribution is 5.55. The first kappa shape index (κ1) is 10.8. The molecule has 0 saturated heterocycles. The second-order valence-electron chi connectivity index (χ2n) is 3.71. The second-order valence-corrected chi connectivity index (χ2v) is 3.71. The number of nitrogens with two attached hydrogens (primary N) is 1. The minimum absolute atomic E-state index is 0.250. The summed E-state index contributed by atoms with van der Waals surface area (Å²) in [6, 6.07) is 4.36. The lowest BCUT2D eigenvalue weighted by atomic mass is 10.1. The van der Waals surface area contributed by atoms with Gasteiger partial charge in [-0.05, 0) is 37.6 Å². The zero-order valence-corrected chi connectivity index (χ0v) is 9.07. The van der Waals surface area contributed by atoms with Crippen LogP contribution < -0.4 is 5.73 Å². The molecule has 16 heavy (non-hydrogen) atoms. The largest absolute Gasteiger partial charge is 0.337 e. The van der Waals surface area contributed by atoms with Crippen LogP contribution in [0.25, 0.3) is 11.4 Å². The molecule has 0 aliphatic heterocycles. The van der Waals surface area contributed by atoms with Gasteiger partial charge < -0.3 is 10.3 Å². The van der Waals surface area contributed by atoms with E-state index in [1.807, 2.05) is 0 Å². The van der Waals surface area contributed by atoms with Crippen molar-refractivity contribution in [1.82, 2.24) is 10.1 Å². The Balaban J connectivity index is 2.39. The molecule has 5 heteroatoms. The lowest BCUT2D eigenvalue weighted by Gasteiger charge is -1.98. The van der Waals surface area contributed by atoms with Crippen molar-refractivity contribution in [2.45, 2.75) is 19.9 Å². The van der Waals surface area contributed by atoms with E-state index in [9.17, 15) is 4.39 Å². The zero-order valence-electron chi connectivity index (χ0n) is 9.07. The van der Waals surface area contributed by atoms with E-state index < -0.39 is 0 Å². The quantitative estimate of drug-likeness (QED) is 0.844. The lowest BCUT2D eigenvalue weighted by Crippen LogP contribution is -2.04. The molecule has 1 aromatic heterocycles. The van der Waals surface area contributed by atoms with E-state index in [0.29, 0.717) is 17.3 Å². The lowest BCUT2D eigenvalue weighted by molar-refractivity contribution is 0.362. The van der Waals surface area contributed by atoms with Gasteiger partial charge in [0.05, 0.1) is 6.04 Å². The number of nitrogens with zero attached hydrogens (tertiary/aromatic N) is 2. The summed E-state index contributed by atoms with van der Waals surface area (Å²) in [5, 5.41) is 3.79. The van der Waals surface area contributed by atoms with Gasteiger partial charge in [-0.25, -0.2) is 4.39 Å². The molecule has 0 radical (unpaired) electrons. The van der Waals surface area contributed by atoms with Gasteiger partial charge in [0.25, 0.3) is 0 Å². The van der Waals surface area contributed by atoms with Crippen molar-refractivity contribution in [2.75, 3.05) is 0 Å². The molecule has 0 amide bonds. The fourth-order valence-electron chi connectivity index (χ4n) is 1.32. The minimum Gasteiger partial charge on any atom is -0.337 e. The topological polar surface area (TPSA) is 64.9 Å². The van der Waals surface area contributed by atoms with Gasteiger partial charge >= 0.3 is 0 Å². The average molecular weight is 221 g/mol. The molecule has 0 aliphatic rings. The number of benzene rings is 1. The normalized spacial score (nSPS) is 12.8. The number of hydrogen-bond acceptors (Lipinski definition) is 4. The van der Waals surface area contributed by atoms with Crippen LogP contribution >= 0.6 is 0 Å². The van der Waals surface area contributed by atoms with Crippen molar-refractivity contribution < 1.29 is 8.91 Å². The van der Waals surface area contributed by atoms with Gasteiger partial charge in [-0.2, -0.15) is 4.98 Å². The summed E-state index contributed by atoms with van der Waals surface area (Å²) in [5.41, 5.74) is 6.87. The van der Waals surface area contributed by atoms with Crippen LogP contribution in [0.3, 0.4) is 0 Å². The summed E-state index contributed by atoms with van der Waals surface area (Å²) in [5.74, 6) is 0.548. The molecule has 0 aliphatic carbocycles. The van der Waals surface area contributed by atoms with Crippen LogP contribution in [0.15, 0.2) is 22.7 Å². The minimum atomic E-state index is -0.303. The Morgan fingerprint density at radius 2 is 2.19 bits per heavy atom.